The van der Waals surface area contributed by atoms with E-state index in [0.717, 1.165) is 0 Å². The van der Waals surface area contributed by atoms with Crippen molar-refractivity contribution in [1.29, 1.82) is 0 Å². The molecule has 2 heterocycles. The molecule has 0 unspecified atom stereocenters. The number of rotatable bonds is 0. The van der Waals surface area contributed by atoms with Crippen molar-refractivity contribution in [3.05, 3.63) is 12.4 Å². The Morgan fingerprint density at radius 2 is 2.18 bits per heavy atom. The lowest BCUT2D eigenvalue weighted by molar-refractivity contribution is 0.937. The van der Waals surface area contributed by atoms with E-state index in [9.17, 15) is 0 Å². The van der Waals surface area contributed by atoms with Gasteiger partial charge in [-0.05, 0) is 0 Å². The number of fused-ring (bicyclic) bond motifs is 1. The van der Waals surface area contributed by atoms with Crippen LogP contribution in [0.1, 0.15) is 0 Å². The normalized spacial score (nSPS) is 10.5. The lowest BCUT2D eigenvalue weighted by Crippen LogP contribution is -2.00. The van der Waals surface area contributed by atoms with Crippen molar-refractivity contribution >= 4 is 17.2 Å². The highest BCUT2D eigenvalue weighted by Crippen LogP contribution is 2.10. The van der Waals surface area contributed by atoms with Crippen molar-refractivity contribution in [2.24, 2.45) is 0 Å². The smallest absolute Gasteiger partial charge is 0.200 e. The standard InChI is InChI=1S/C5H6N6/c6-3-1-4(7)10-11-2-8-9-5(3)11/h1-2H,6H2,(H2,7,10). The van der Waals surface area contributed by atoms with Gasteiger partial charge in [0.25, 0.3) is 0 Å². The Bertz CT molecular complexity index is 391. The molecule has 0 aromatic carbocycles. The molecule has 0 amide bonds. The summed E-state index contributed by atoms with van der Waals surface area (Å²) in [6.07, 6.45) is 1.45. The van der Waals surface area contributed by atoms with Crippen LogP contribution in [0.5, 0.6) is 0 Å². The van der Waals surface area contributed by atoms with Crippen molar-refractivity contribution in [1.82, 2.24) is 19.8 Å². The van der Waals surface area contributed by atoms with Crippen molar-refractivity contribution < 1.29 is 0 Å². The first-order valence-corrected chi connectivity index (χ1v) is 2.99. The fraction of sp³-hybridized carbons (Fsp3) is 0. The third-order valence-electron chi connectivity index (χ3n) is 1.32. The molecule has 4 N–H and O–H groups in total. The minimum absolute atomic E-state index is 0.356. The van der Waals surface area contributed by atoms with Gasteiger partial charge in [-0.3, -0.25) is 0 Å². The van der Waals surface area contributed by atoms with Gasteiger partial charge in [0.2, 0.25) is 5.65 Å². The summed E-state index contributed by atoms with van der Waals surface area (Å²) in [5, 5.41) is 11.2. The predicted octanol–water partition coefficient (Wildman–Crippen LogP) is -0.711. The Hall–Kier alpha value is -1.85. The van der Waals surface area contributed by atoms with Gasteiger partial charge >= 0.3 is 0 Å². The average molecular weight is 150 g/mol. The first kappa shape index (κ1) is 5.90. The van der Waals surface area contributed by atoms with Crippen LogP contribution in [-0.2, 0) is 0 Å². The monoisotopic (exact) mass is 150 g/mol. The van der Waals surface area contributed by atoms with Gasteiger partial charge in [-0.1, -0.05) is 0 Å². The molecule has 0 aliphatic rings. The second kappa shape index (κ2) is 1.82. The summed E-state index contributed by atoms with van der Waals surface area (Å²) in [6.45, 7) is 0. The molecular weight excluding hydrogens is 144 g/mol. The van der Waals surface area contributed by atoms with E-state index in [2.05, 4.69) is 15.3 Å². The van der Waals surface area contributed by atoms with Gasteiger partial charge in [-0.15, -0.1) is 15.3 Å². The largest absolute Gasteiger partial charge is 0.396 e. The molecule has 6 nitrogen and oxygen atoms in total. The molecule has 0 aliphatic carbocycles. The minimum atomic E-state index is 0.356. The first-order chi connectivity index (χ1) is 5.27. The lowest BCUT2D eigenvalue weighted by Gasteiger charge is -1.96. The van der Waals surface area contributed by atoms with Gasteiger partial charge in [-0.25, -0.2) is 0 Å². The molecule has 0 saturated heterocycles. The second-order valence-electron chi connectivity index (χ2n) is 2.12. The van der Waals surface area contributed by atoms with E-state index < -0.39 is 0 Å². The molecule has 0 saturated carbocycles. The molecule has 11 heavy (non-hydrogen) atoms. The Balaban J connectivity index is 2.91. The van der Waals surface area contributed by atoms with E-state index in [1.165, 1.54) is 10.8 Å². The van der Waals surface area contributed by atoms with Crippen molar-refractivity contribution in [3.63, 3.8) is 0 Å². The number of nitrogens with zero attached hydrogens (tertiary/aromatic N) is 4. The second-order valence-corrected chi connectivity index (χ2v) is 2.12. The Morgan fingerprint density at radius 3 is 3.00 bits per heavy atom. The van der Waals surface area contributed by atoms with Crippen LogP contribution >= 0.6 is 0 Å². The number of nitrogens with two attached hydrogens (primary N) is 2. The summed E-state index contributed by atoms with van der Waals surface area (Å²) in [5.41, 5.74) is 12.0. The van der Waals surface area contributed by atoms with Crippen LogP contribution in [-0.4, -0.2) is 19.8 Å². The number of nitrogen functional groups attached to an aromatic ring is 2. The van der Waals surface area contributed by atoms with Gasteiger partial charge in [0.05, 0.1) is 5.69 Å². The van der Waals surface area contributed by atoms with Crippen LogP contribution in [0.3, 0.4) is 0 Å². The highest BCUT2D eigenvalue weighted by molar-refractivity contribution is 5.65. The topological polar surface area (TPSA) is 95.1 Å². The van der Waals surface area contributed by atoms with Gasteiger partial charge in [0.15, 0.2) is 0 Å². The molecule has 2 rings (SSSR count). The zero-order chi connectivity index (χ0) is 7.84. The lowest BCUT2D eigenvalue weighted by atomic mass is 10.4. The molecule has 0 spiro atoms. The van der Waals surface area contributed by atoms with Crippen LogP contribution in [0.4, 0.5) is 11.5 Å². The van der Waals surface area contributed by atoms with E-state index in [-0.39, 0.29) is 0 Å². The average Bonchev–Trinajstić information content (AvgIpc) is 2.34. The van der Waals surface area contributed by atoms with Gasteiger partial charge in [-0.2, -0.15) is 4.52 Å². The fourth-order valence-electron chi connectivity index (χ4n) is 0.870. The predicted molar refractivity (Wildman–Crippen MR) is 39.6 cm³/mol. The Kier molecular flexibility index (Phi) is 0.974. The van der Waals surface area contributed by atoms with Crippen LogP contribution in [0, 0.1) is 0 Å². The molecule has 0 atom stereocenters. The maximum atomic E-state index is 5.56. The van der Waals surface area contributed by atoms with Crippen LogP contribution in [0.25, 0.3) is 5.65 Å². The van der Waals surface area contributed by atoms with Crippen LogP contribution < -0.4 is 11.5 Å². The Labute approximate surface area is 61.8 Å². The minimum Gasteiger partial charge on any atom is -0.396 e. The summed E-state index contributed by atoms with van der Waals surface area (Å²) in [5.74, 6) is 0.356. The van der Waals surface area contributed by atoms with Gasteiger partial charge < -0.3 is 11.5 Å². The van der Waals surface area contributed by atoms with E-state index in [0.29, 0.717) is 17.2 Å². The summed E-state index contributed by atoms with van der Waals surface area (Å²) in [7, 11) is 0. The maximum Gasteiger partial charge on any atom is 0.200 e. The van der Waals surface area contributed by atoms with Crippen molar-refractivity contribution in [3.8, 4) is 0 Å². The first-order valence-electron chi connectivity index (χ1n) is 2.99. The summed E-state index contributed by atoms with van der Waals surface area (Å²) in [6, 6.07) is 1.55. The zero-order valence-corrected chi connectivity index (χ0v) is 5.60. The third-order valence-corrected chi connectivity index (χ3v) is 1.32. The van der Waals surface area contributed by atoms with E-state index in [1.807, 2.05) is 0 Å². The molecule has 0 radical (unpaired) electrons. The summed E-state index contributed by atoms with van der Waals surface area (Å²) < 4.78 is 1.44. The molecule has 2 aromatic rings. The quantitative estimate of drug-likeness (QED) is 0.517. The summed E-state index contributed by atoms with van der Waals surface area (Å²) >= 11 is 0. The molecule has 0 fully saturated rings. The molecule has 6 heteroatoms. The van der Waals surface area contributed by atoms with Crippen molar-refractivity contribution in [2.75, 3.05) is 11.5 Å². The molecular formula is C5H6N6. The number of hydrogen-bond acceptors (Lipinski definition) is 5. The fourth-order valence-corrected chi connectivity index (χ4v) is 0.870. The summed E-state index contributed by atoms with van der Waals surface area (Å²) in [4.78, 5) is 0. The van der Waals surface area contributed by atoms with Crippen LogP contribution in [0.15, 0.2) is 12.4 Å². The zero-order valence-electron chi connectivity index (χ0n) is 5.60. The van der Waals surface area contributed by atoms with E-state index in [1.54, 1.807) is 6.07 Å². The highest BCUT2D eigenvalue weighted by Gasteiger charge is 2.01. The van der Waals surface area contributed by atoms with E-state index in [4.69, 9.17) is 11.5 Å². The number of anilines is 2. The Morgan fingerprint density at radius 1 is 1.36 bits per heavy atom. The third kappa shape index (κ3) is 0.759. The number of hydrogen-bond donors (Lipinski definition) is 2. The molecule has 0 bridgehead atoms. The number of aromatic nitrogens is 4. The highest BCUT2D eigenvalue weighted by atomic mass is 15.4. The SMILES string of the molecule is Nc1cc(N)c2nncn2n1. The van der Waals surface area contributed by atoms with E-state index >= 15 is 0 Å². The molecule has 56 valence electrons. The van der Waals surface area contributed by atoms with Gasteiger partial charge in [0, 0.05) is 6.07 Å². The molecule has 0 aliphatic heterocycles. The molecule has 2 aromatic heterocycles. The van der Waals surface area contributed by atoms with Gasteiger partial charge in [0.1, 0.15) is 12.1 Å². The maximum absolute atomic E-state index is 5.56. The van der Waals surface area contributed by atoms with Crippen LogP contribution in [0.2, 0.25) is 0 Å². The van der Waals surface area contributed by atoms with Crippen molar-refractivity contribution in [2.45, 2.75) is 0 Å².